The third kappa shape index (κ3) is 5.03. The van der Waals surface area contributed by atoms with Gasteiger partial charge in [0.2, 0.25) is 0 Å². The van der Waals surface area contributed by atoms with E-state index in [-0.39, 0.29) is 18.6 Å². The van der Waals surface area contributed by atoms with Crippen molar-refractivity contribution in [3.8, 4) is 0 Å². The number of amides is 1. The highest BCUT2D eigenvalue weighted by atomic mass is 32.1. The number of carbonyl (C=O) groups is 3. The molecule has 0 saturated heterocycles. The molecule has 27 heavy (non-hydrogen) atoms. The summed E-state index contributed by atoms with van der Waals surface area (Å²) < 4.78 is 6.83. The second kappa shape index (κ2) is 8.47. The maximum atomic E-state index is 12.3. The molecule has 7 nitrogen and oxygen atoms in total. The van der Waals surface area contributed by atoms with Crippen molar-refractivity contribution in [3.63, 3.8) is 0 Å². The van der Waals surface area contributed by atoms with Crippen LogP contribution in [0.25, 0.3) is 0 Å². The zero-order valence-corrected chi connectivity index (χ0v) is 17.3. The molecule has 0 bridgehead atoms. The fourth-order valence-electron chi connectivity index (χ4n) is 2.75. The number of ether oxygens (including phenoxy) is 1. The molecule has 1 unspecified atom stereocenters. The Morgan fingerprint density at radius 2 is 1.89 bits per heavy atom. The highest BCUT2D eigenvalue weighted by Gasteiger charge is 2.22. The Labute approximate surface area is 162 Å². The number of esters is 1. The van der Waals surface area contributed by atoms with Gasteiger partial charge in [-0.15, -0.1) is 11.3 Å². The molecule has 1 atom stereocenters. The molecule has 0 aliphatic carbocycles. The standard InChI is InChI=1S/C19H25N3O4S/c1-10-9-15(14(5)27-10)16(23)7-8-17(24)26-13(4)19(25)20-18-11(2)21-22(6)12(18)3/h9,13H,7-8H2,1-6H3,(H,20,25). The molecule has 2 aromatic heterocycles. The molecule has 8 heteroatoms. The molecule has 0 radical (unpaired) electrons. The van der Waals surface area contributed by atoms with E-state index in [1.54, 1.807) is 30.0 Å². The van der Waals surface area contributed by atoms with Gasteiger partial charge in [0, 0.05) is 28.8 Å². The predicted molar refractivity (Wildman–Crippen MR) is 104 cm³/mol. The molecule has 0 saturated carbocycles. The van der Waals surface area contributed by atoms with Crippen molar-refractivity contribution in [1.82, 2.24) is 9.78 Å². The second-order valence-corrected chi connectivity index (χ2v) is 8.00. The van der Waals surface area contributed by atoms with Gasteiger partial charge in [-0.2, -0.15) is 5.10 Å². The highest BCUT2D eigenvalue weighted by molar-refractivity contribution is 7.12. The van der Waals surface area contributed by atoms with Crippen LogP contribution in [0.1, 0.15) is 51.3 Å². The first-order chi connectivity index (χ1) is 12.6. The van der Waals surface area contributed by atoms with E-state index in [4.69, 9.17) is 4.74 Å². The SMILES string of the molecule is Cc1cc(C(=O)CCC(=O)OC(C)C(=O)Nc2c(C)nn(C)c2C)c(C)s1. The number of hydrogen-bond donors (Lipinski definition) is 1. The summed E-state index contributed by atoms with van der Waals surface area (Å²) in [5, 5.41) is 6.97. The summed E-state index contributed by atoms with van der Waals surface area (Å²) >= 11 is 1.55. The molecule has 0 aliphatic heterocycles. The van der Waals surface area contributed by atoms with Crippen LogP contribution in [-0.2, 0) is 21.4 Å². The van der Waals surface area contributed by atoms with E-state index >= 15 is 0 Å². The smallest absolute Gasteiger partial charge is 0.307 e. The van der Waals surface area contributed by atoms with E-state index in [0.29, 0.717) is 16.9 Å². The zero-order valence-electron chi connectivity index (χ0n) is 16.5. The number of ketones is 1. The minimum absolute atomic E-state index is 0.0598. The van der Waals surface area contributed by atoms with E-state index in [9.17, 15) is 14.4 Å². The van der Waals surface area contributed by atoms with Gasteiger partial charge >= 0.3 is 5.97 Å². The van der Waals surface area contributed by atoms with Crippen LogP contribution in [0.15, 0.2) is 6.07 Å². The van der Waals surface area contributed by atoms with Gasteiger partial charge in [-0.3, -0.25) is 19.1 Å². The Balaban J connectivity index is 1.86. The number of anilines is 1. The molecular weight excluding hydrogens is 366 g/mol. The summed E-state index contributed by atoms with van der Waals surface area (Å²) in [6.07, 6.45) is -0.961. The first-order valence-corrected chi connectivity index (χ1v) is 9.52. The van der Waals surface area contributed by atoms with Crippen LogP contribution in [0.3, 0.4) is 0 Å². The molecular formula is C19H25N3O4S. The van der Waals surface area contributed by atoms with E-state index in [2.05, 4.69) is 10.4 Å². The van der Waals surface area contributed by atoms with Crippen LogP contribution in [0.5, 0.6) is 0 Å². The number of carbonyl (C=O) groups excluding carboxylic acids is 3. The van der Waals surface area contributed by atoms with Crippen molar-refractivity contribution < 1.29 is 19.1 Å². The number of aryl methyl sites for hydroxylation is 4. The molecule has 0 aliphatic rings. The number of rotatable bonds is 7. The quantitative estimate of drug-likeness (QED) is 0.578. The van der Waals surface area contributed by atoms with Gasteiger partial charge in [0.05, 0.1) is 23.5 Å². The fourth-order valence-corrected chi connectivity index (χ4v) is 3.69. The average molecular weight is 391 g/mol. The lowest BCUT2D eigenvalue weighted by molar-refractivity contribution is -0.153. The summed E-state index contributed by atoms with van der Waals surface area (Å²) in [6.45, 7) is 8.96. The van der Waals surface area contributed by atoms with Crippen LogP contribution >= 0.6 is 11.3 Å². The highest BCUT2D eigenvalue weighted by Crippen LogP contribution is 2.22. The molecule has 2 heterocycles. The summed E-state index contributed by atoms with van der Waals surface area (Å²) in [4.78, 5) is 38.5. The van der Waals surface area contributed by atoms with Gasteiger partial charge in [0.25, 0.3) is 5.91 Å². The molecule has 0 fully saturated rings. The van der Waals surface area contributed by atoms with Gasteiger partial charge in [-0.25, -0.2) is 0 Å². The van der Waals surface area contributed by atoms with Gasteiger partial charge in [0.1, 0.15) is 0 Å². The third-order valence-electron chi connectivity index (χ3n) is 4.33. The number of nitrogens with zero attached hydrogens (tertiary/aromatic N) is 2. The van der Waals surface area contributed by atoms with E-state index in [1.807, 2.05) is 26.8 Å². The van der Waals surface area contributed by atoms with Crippen LogP contribution in [0.2, 0.25) is 0 Å². The predicted octanol–water partition coefficient (Wildman–Crippen LogP) is 3.25. The topological polar surface area (TPSA) is 90.3 Å². The van der Waals surface area contributed by atoms with Crippen LogP contribution in [0.4, 0.5) is 5.69 Å². The average Bonchev–Trinajstić information content (AvgIpc) is 3.05. The van der Waals surface area contributed by atoms with Gasteiger partial charge in [-0.05, 0) is 40.7 Å². The number of hydrogen-bond acceptors (Lipinski definition) is 6. The van der Waals surface area contributed by atoms with Gasteiger partial charge in [-0.1, -0.05) is 0 Å². The molecule has 2 aromatic rings. The monoisotopic (exact) mass is 391 g/mol. The maximum absolute atomic E-state index is 12.3. The molecule has 1 amide bonds. The molecule has 1 N–H and O–H groups in total. The van der Waals surface area contributed by atoms with Crippen LogP contribution in [-0.4, -0.2) is 33.5 Å². The third-order valence-corrected chi connectivity index (χ3v) is 5.30. The molecule has 0 spiro atoms. The normalized spacial score (nSPS) is 11.9. The Bertz CT molecular complexity index is 882. The summed E-state index contributed by atoms with van der Waals surface area (Å²) in [6, 6.07) is 1.84. The van der Waals surface area contributed by atoms with Crippen molar-refractivity contribution >= 4 is 34.7 Å². The Hall–Kier alpha value is -2.48. The number of thiophene rings is 1. The van der Waals surface area contributed by atoms with Crippen molar-refractivity contribution in [3.05, 3.63) is 32.8 Å². The lowest BCUT2D eigenvalue weighted by atomic mass is 10.1. The molecule has 0 aromatic carbocycles. The van der Waals surface area contributed by atoms with Crippen LogP contribution < -0.4 is 5.32 Å². The second-order valence-electron chi connectivity index (χ2n) is 6.54. The first kappa shape index (κ1) is 20.8. The largest absolute Gasteiger partial charge is 0.453 e. The maximum Gasteiger partial charge on any atom is 0.307 e. The summed E-state index contributed by atoms with van der Waals surface area (Å²) in [5.41, 5.74) is 2.77. The number of nitrogens with one attached hydrogen (secondary N) is 1. The van der Waals surface area contributed by atoms with E-state index in [1.165, 1.54) is 6.92 Å². The van der Waals surface area contributed by atoms with Crippen molar-refractivity contribution in [1.29, 1.82) is 0 Å². The first-order valence-electron chi connectivity index (χ1n) is 8.71. The Kier molecular flexibility index (Phi) is 6.54. The number of Topliss-reactive ketones (excluding diaryl/α,β-unsaturated/α-hetero) is 1. The Morgan fingerprint density at radius 1 is 1.22 bits per heavy atom. The lowest BCUT2D eigenvalue weighted by Crippen LogP contribution is -2.30. The van der Waals surface area contributed by atoms with Gasteiger partial charge < -0.3 is 10.1 Å². The zero-order chi connectivity index (χ0) is 20.3. The minimum Gasteiger partial charge on any atom is -0.453 e. The lowest BCUT2D eigenvalue weighted by Gasteiger charge is -2.13. The van der Waals surface area contributed by atoms with Crippen molar-refractivity contribution in [2.75, 3.05) is 5.32 Å². The minimum atomic E-state index is -0.961. The fraction of sp³-hybridized carbons (Fsp3) is 0.474. The summed E-state index contributed by atoms with van der Waals surface area (Å²) in [5.74, 6) is -1.10. The Morgan fingerprint density at radius 3 is 2.41 bits per heavy atom. The van der Waals surface area contributed by atoms with E-state index in [0.717, 1.165) is 15.4 Å². The van der Waals surface area contributed by atoms with E-state index < -0.39 is 18.0 Å². The van der Waals surface area contributed by atoms with Crippen LogP contribution in [0, 0.1) is 27.7 Å². The molecule has 2 rings (SSSR count). The summed E-state index contributed by atoms with van der Waals surface area (Å²) in [7, 11) is 1.79. The number of aromatic nitrogens is 2. The van der Waals surface area contributed by atoms with Crippen molar-refractivity contribution in [2.45, 2.75) is 53.6 Å². The van der Waals surface area contributed by atoms with Crippen molar-refractivity contribution in [2.24, 2.45) is 7.05 Å². The molecule has 146 valence electrons. The van der Waals surface area contributed by atoms with Gasteiger partial charge in [0.15, 0.2) is 11.9 Å².